The fourth-order valence-electron chi connectivity index (χ4n) is 2.61. The van der Waals surface area contributed by atoms with Crippen molar-refractivity contribution in [2.45, 2.75) is 25.1 Å². The quantitative estimate of drug-likeness (QED) is 0.682. The van der Waals surface area contributed by atoms with Crippen molar-refractivity contribution < 1.29 is 22.9 Å². The first-order valence-electron chi connectivity index (χ1n) is 7.06. The number of likely N-dealkylation sites (tertiary alicyclic amines) is 1. The fourth-order valence-corrected chi connectivity index (χ4v) is 2.61. The van der Waals surface area contributed by atoms with Gasteiger partial charge in [-0.3, -0.25) is 14.9 Å². The third-order valence-electron chi connectivity index (χ3n) is 3.87. The van der Waals surface area contributed by atoms with Gasteiger partial charge in [-0.25, -0.2) is 0 Å². The van der Waals surface area contributed by atoms with Crippen molar-refractivity contribution in [1.82, 2.24) is 10.2 Å². The van der Waals surface area contributed by atoms with Crippen LogP contribution in [0, 0.1) is 10.1 Å². The molecule has 0 bridgehead atoms. The Morgan fingerprint density at radius 1 is 1.43 bits per heavy atom. The number of hydrogen-bond donors (Lipinski definition) is 1. The molecule has 1 aliphatic rings. The van der Waals surface area contributed by atoms with E-state index in [0.717, 1.165) is 18.9 Å². The molecule has 1 saturated heterocycles. The van der Waals surface area contributed by atoms with Gasteiger partial charge in [0, 0.05) is 25.2 Å². The number of nitro groups is 1. The number of nitrogens with one attached hydrogen (secondary N) is 1. The number of amides is 1. The van der Waals surface area contributed by atoms with E-state index in [1.54, 1.807) is 7.05 Å². The molecular formula is C14H16F3N3O3. The SMILES string of the molecule is CNC1CCCN(C(=O)c2ccc(C(F)(F)F)cc2[N+](=O)[O-])C1. The van der Waals surface area contributed by atoms with Gasteiger partial charge in [-0.1, -0.05) is 0 Å². The van der Waals surface area contributed by atoms with E-state index in [1.807, 2.05) is 0 Å². The molecule has 0 saturated carbocycles. The van der Waals surface area contributed by atoms with Crippen LogP contribution in [0.1, 0.15) is 28.8 Å². The molecule has 1 N–H and O–H groups in total. The zero-order chi connectivity index (χ0) is 17.2. The molecule has 1 aromatic rings. The smallest absolute Gasteiger partial charge is 0.337 e. The number of carbonyl (C=O) groups is 1. The van der Waals surface area contributed by atoms with Gasteiger partial charge in [-0.2, -0.15) is 13.2 Å². The van der Waals surface area contributed by atoms with Crippen LogP contribution in [0.2, 0.25) is 0 Å². The summed E-state index contributed by atoms with van der Waals surface area (Å²) in [6.07, 6.45) is -3.10. The molecule has 1 atom stereocenters. The van der Waals surface area contributed by atoms with Crippen LogP contribution in [-0.4, -0.2) is 41.9 Å². The highest BCUT2D eigenvalue weighted by Crippen LogP contribution is 2.33. The Morgan fingerprint density at radius 2 is 2.13 bits per heavy atom. The van der Waals surface area contributed by atoms with Gasteiger partial charge in [0.25, 0.3) is 11.6 Å². The van der Waals surface area contributed by atoms with E-state index in [0.29, 0.717) is 25.2 Å². The summed E-state index contributed by atoms with van der Waals surface area (Å²) in [5.74, 6) is -0.620. The van der Waals surface area contributed by atoms with Gasteiger partial charge >= 0.3 is 6.18 Å². The summed E-state index contributed by atoms with van der Waals surface area (Å²) in [6, 6.07) is 2.06. The van der Waals surface area contributed by atoms with Gasteiger partial charge in [0.05, 0.1) is 10.5 Å². The molecular weight excluding hydrogens is 315 g/mol. The van der Waals surface area contributed by atoms with E-state index < -0.39 is 28.3 Å². The van der Waals surface area contributed by atoms with Crippen LogP contribution in [0.3, 0.4) is 0 Å². The molecule has 0 radical (unpaired) electrons. The number of nitrogens with zero attached hydrogens (tertiary/aromatic N) is 2. The Bertz CT molecular complexity index is 619. The largest absolute Gasteiger partial charge is 0.416 e. The summed E-state index contributed by atoms with van der Waals surface area (Å²) in [4.78, 5) is 24.0. The fraction of sp³-hybridized carbons (Fsp3) is 0.500. The molecule has 126 valence electrons. The van der Waals surface area contributed by atoms with Crippen molar-refractivity contribution in [3.63, 3.8) is 0 Å². The molecule has 1 heterocycles. The topological polar surface area (TPSA) is 75.5 Å². The van der Waals surface area contributed by atoms with Crippen LogP contribution in [0.15, 0.2) is 18.2 Å². The number of rotatable bonds is 3. The highest BCUT2D eigenvalue weighted by atomic mass is 19.4. The normalized spacial score (nSPS) is 18.8. The molecule has 1 amide bonds. The average molecular weight is 331 g/mol. The van der Waals surface area contributed by atoms with Gasteiger partial charge in [0.1, 0.15) is 5.56 Å². The van der Waals surface area contributed by atoms with Gasteiger partial charge in [0.15, 0.2) is 0 Å². The summed E-state index contributed by atoms with van der Waals surface area (Å²) >= 11 is 0. The number of hydrogen-bond acceptors (Lipinski definition) is 4. The second-order valence-electron chi connectivity index (χ2n) is 5.37. The van der Waals surface area contributed by atoms with Crippen molar-refractivity contribution in [1.29, 1.82) is 0 Å². The maximum Gasteiger partial charge on any atom is 0.416 e. The van der Waals surface area contributed by atoms with Crippen LogP contribution in [0.4, 0.5) is 18.9 Å². The number of likely N-dealkylation sites (N-methyl/N-ethyl adjacent to an activating group) is 1. The third kappa shape index (κ3) is 3.79. The summed E-state index contributed by atoms with van der Waals surface area (Å²) in [5, 5.41) is 14.1. The molecule has 2 rings (SSSR count). The first-order valence-corrected chi connectivity index (χ1v) is 7.06. The minimum absolute atomic E-state index is 0.0706. The van der Waals surface area contributed by atoms with Gasteiger partial charge in [-0.05, 0) is 32.0 Å². The third-order valence-corrected chi connectivity index (χ3v) is 3.87. The Labute approximate surface area is 130 Å². The van der Waals surface area contributed by atoms with E-state index in [2.05, 4.69) is 5.32 Å². The molecule has 23 heavy (non-hydrogen) atoms. The van der Waals surface area contributed by atoms with E-state index in [1.165, 1.54) is 4.90 Å². The molecule has 1 unspecified atom stereocenters. The number of nitro benzene ring substituents is 1. The minimum Gasteiger partial charge on any atom is -0.337 e. The number of alkyl halides is 3. The molecule has 6 nitrogen and oxygen atoms in total. The summed E-state index contributed by atoms with van der Waals surface area (Å²) in [6.45, 7) is 0.794. The van der Waals surface area contributed by atoms with Gasteiger partial charge in [0.2, 0.25) is 0 Å². The van der Waals surface area contributed by atoms with Gasteiger partial charge in [-0.15, -0.1) is 0 Å². The number of piperidine rings is 1. The molecule has 0 aromatic heterocycles. The second kappa shape index (κ2) is 6.53. The van der Waals surface area contributed by atoms with Crippen molar-refractivity contribution >= 4 is 11.6 Å². The zero-order valence-corrected chi connectivity index (χ0v) is 12.4. The van der Waals surface area contributed by atoms with Crippen LogP contribution in [-0.2, 0) is 6.18 Å². The Morgan fingerprint density at radius 3 is 2.70 bits per heavy atom. The monoisotopic (exact) mass is 331 g/mol. The highest BCUT2D eigenvalue weighted by molar-refractivity contribution is 5.98. The van der Waals surface area contributed by atoms with E-state index in [-0.39, 0.29) is 11.6 Å². The lowest BCUT2D eigenvalue weighted by molar-refractivity contribution is -0.385. The minimum atomic E-state index is -4.70. The van der Waals surface area contributed by atoms with Crippen molar-refractivity contribution in [2.75, 3.05) is 20.1 Å². The van der Waals surface area contributed by atoms with Crippen molar-refractivity contribution in [3.05, 3.63) is 39.4 Å². The number of halogens is 3. The maximum atomic E-state index is 12.7. The lowest BCUT2D eigenvalue weighted by Crippen LogP contribution is -2.47. The van der Waals surface area contributed by atoms with E-state index in [4.69, 9.17) is 0 Å². The molecule has 1 aliphatic heterocycles. The zero-order valence-electron chi connectivity index (χ0n) is 12.4. The summed E-state index contributed by atoms with van der Waals surface area (Å²) in [5.41, 5.74) is -2.29. The van der Waals surface area contributed by atoms with Crippen LogP contribution < -0.4 is 5.32 Å². The van der Waals surface area contributed by atoms with Crippen LogP contribution >= 0.6 is 0 Å². The predicted octanol–water partition coefficient (Wildman–Crippen LogP) is 2.44. The van der Waals surface area contributed by atoms with Crippen LogP contribution in [0.5, 0.6) is 0 Å². The van der Waals surface area contributed by atoms with Crippen molar-refractivity contribution in [3.8, 4) is 0 Å². The molecule has 1 aromatic carbocycles. The second-order valence-corrected chi connectivity index (χ2v) is 5.37. The Hall–Kier alpha value is -2.16. The molecule has 1 fully saturated rings. The first kappa shape index (κ1) is 17.2. The first-order chi connectivity index (χ1) is 10.7. The molecule has 0 spiro atoms. The number of carbonyl (C=O) groups excluding carboxylic acids is 1. The predicted molar refractivity (Wildman–Crippen MR) is 76.1 cm³/mol. The Balaban J connectivity index is 2.34. The summed E-state index contributed by atoms with van der Waals surface area (Å²) < 4.78 is 38.1. The van der Waals surface area contributed by atoms with Crippen molar-refractivity contribution in [2.24, 2.45) is 0 Å². The Kier molecular flexibility index (Phi) is 4.88. The van der Waals surface area contributed by atoms with Gasteiger partial charge < -0.3 is 10.2 Å². The van der Waals surface area contributed by atoms with E-state index >= 15 is 0 Å². The summed E-state index contributed by atoms with van der Waals surface area (Å²) in [7, 11) is 1.75. The molecule has 9 heteroatoms. The maximum absolute atomic E-state index is 12.7. The standard InChI is InChI=1S/C14H16F3N3O3/c1-18-10-3-2-6-19(8-10)13(21)11-5-4-9(14(15,16)17)7-12(11)20(22)23/h4-5,7,10,18H,2-3,6,8H2,1H3. The molecule has 0 aliphatic carbocycles. The number of benzene rings is 1. The highest BCUT2D eigenvalue weighted by Gasteiger charge is 2.35. The lowest BCUT2D eigenvalue weighted by atomic mass is 10.0. The lowest BCUT2D eigenvalue weighted by Gasteiger charge is -2.32. The average Bonchev–Trinajstić information content (AvgIpc) is 2.52. The van der Waals surface area contributed by atoms with Crippen LogP contribution in [0.25, 0.3) is 0 Å². The van der Waals surface area contributed by atoms with E-state index in [9.17, 15) is 28.1 Å².